The van der Waals surface area contributed by atoms with E-state index in [-0.39, 0.29) is 0 Å². The van der Waals surface area contributed by atoms with Gasteiger partial charge in [0, 0.05) is 0 Å². The first-order valence-corrected chi connectivity index (χ1v) is 11.1. The Kier molecular flexibility index (Phi) is 24.5. The van der Waals surface area contributed by atoms with Crippen LogP contribution in [-0.4, -0.2) is 65.4 Å². The van der Waals surface area contributed by atoms with E-state index in [1.54, 1.807) is 0 Å². The molecule has 0 saturated heterocycles. The van der Waals surface area contributed by atoms with Gasteiger partial charge in [-0.25, -0.2) is 0 Å². The Morgan fingerprint density at radius 3 is 0.692 bits per heavy atom. The SMILES string of the molecule is NCCCCNCCCCNCCCCNCCCCNCCCCN. The van der Waals surface area contributed by atoms with Crippen LogP contribution < -0.4 is 32.7 Å². The van der Waals surface area contributed by atoms with Crippen molar-refractivity contribution in [1.29, 1.82) is 0 Å². The van der Waals surface area contributed by atoms with E-state index < -0.39 is 0 Å². The molecule has 0 saturated carbocycles. The quantitative estimate of drug-likeness (QED) is 0.151. The van der Waals surface area contributed by atoms with Gasteiger partial charge in [0.25, 0.3) is 0 Å². The van der Waals surface area contributed by atoms with Crippen molar-refractivity contribution >= 4 is 0 Å². The summed E-state index contributed by atoms with van der Waals surface area (Å²) in [5.41, 5.74) is 10.9. The van der Waals surface area contributed by atoms with Gasteiger partial charge in [-0.15, -0.1) is 0 Å². The van der Waals surface area contributed by atoms with Gasteiger partial charge < -0.3 is 32.7 Å². The first-order valence-electron chi connectivity index (χ1n) is 11.1. The third-order valence-corrected chi connectivity index (χ3v) is 4.49. The maximum atomic E-state index is 5.47. The summed E-state index contributed by atoms with van der Waals surface area (Å²) >= 11 is 0. The van der Waals surface area contributed by atoms with E-state index in [9.17, 15) is 0 Å². The van der Waals surface area contributed by atoms with Crippen LogP contribution in [0.15, 0.2) is 0 Å². The number of nitrogens with two attached hydrogens (primary N) is 2. The summed E-state index contributed by atoms with van der Waals surface area (Å²) in [6.07, 6.45) is 12.3. The van der Waals surface area contributed by atoms with E-state index in [0.717, 1.165) is 78.3 Å². The third kappa shape index (κ3) is 23.8. The molecule has 0 aliphatic carbocycles. The van der Waals surface area contributed by atoms with E-state index in [1.807, 2.05) is 0 Å². The third-order valence-electron chi connectivity index (χ3n) is 4.49. The van der Waals surface area contributed by atoms with Crippen molar-refractivity contribution in [3.8, 4) is 0 Å². The molecule has 0 rings (SSSR count). The molecule has 26 heavy (non-hydrogen) atoms. The number of hydrogen-bond acceptors (Lipinski definition) is 6. The molecule has 0 spiro atoms. The predicted molar refractivity (Wildman–Crippen MR) is 116 cm³/mol. The highest BCUT2D eigenvalue weighted by atomic mass is 14.9. The van der Waals surface area contributed by atoms with Gasteiger partial charge in [-0.1, -0.05) is 0 Å². The molecular weight excluding hydrogens is 324 g/mol. The van der Waals surface area contributed by atoms with Gasteiger partial charge >= 0.3 is 0 Å². The van der Waals surface area contributed by atoms with Crippen molar-refractivity contribution in [3.63, 3.8) is 0 Å². The maximum Gasteiger partial charge on any atom is -0.00484 e. The van der Waals surface area contributed by atoms with Crippen LogP contribution in [0.1, 0.15) is 64.2 Å². The number of unbranched alkanes of at least 4 members (excludes halogenated alkanes) is 5. The highest BCUT2D eigenvalue weighted by molar-refractivity contribution is 4.56. The summed E-state index contributed by atoms with van der Waals surface area (Å²) in [6.45, 7) is 10.7. The first kappa shape index (κ1) is 25.8. The lowest BCUT2D eigenvalue weighted by molar-refractivity contribution is 0.537. The van der Waals surface area contributed by atoms with E-state index in [2.05, 4.69) is 21.3 Å². The van der Waals surface area contributed by atoms with Gasteiger partial charge in [0.2, 0.25) is 0 Å². The second-order valence-electron chi connectivity index (χ2n) is 7.11. The van der Waals surface area contributed by atoms with Crippen LogP contribution in [-0.2, 0) is 0 Å². The summed E-state index contributed by atoms with van der Waals surface area (Å²) in [5, 5.41) is 14.0. The van der Waals surface area contributed by atoms with Crippen LogP contribution in [0.4, 0.5) is 0 Å². The highest BCUT2D eigenvalue weighted by Crippen LogP contribution is 1.90. The molecule has 6 heteroatoms. The zero-order valence-electron chi connectivity index (χ0n) is 17.3. The molecule has 0 aromatic carbocycles. The minimum Gasteiger partial charge on any atom is -0.330 e. The first-order chi connectivity index (χ1) is 12.9. The molecule has 0 aliphatic rings. The van der Waals surface area contributed by atoms with Gasteiger partial charge in [0.15, 0.2) is 0 Å². The summed E-state index contributed by atoms with van der Waals surface area (Å²) in [7, 11) is 0. The summed E-state index contributed by atoms with van der Waals surface area (Å²) in [4.78, 5) is 0. The van der Waals surface area contributed by atoms with Crippen LogP contribution >= 0.6 is 0 Å². The van der Waals surface area contributed by atoms with Crippen molar-refractivity contribution in [1.82, 2.24) is 21.3 Å². The lowest BCUT2D eigenvalue weighted by Gasteiger charge is -2.07. The number of hydrogen-bond donors (Lipinski definition) is 6. The topological polar surface area (TPSA) is 100 Å². The van der Waals surface area contributed by atoms with E-state index in [4.69, 9.17) is 11.5 Å². The zero-order chi connectivity index (χ0) is 19.0. The average molecular weight is 373 g/mol. The Bertz CT molecular complexity index is 216. The lowest BCUT2D eigenvalue weighted by Crippen LogP contribution is -2.22. The van der Waals surface area contributed by atoms with Crippen molar-refractivity contribution in [2.45, 2.75) is 64.2 Å². The fourth-order valence-corrected chi connectivity index (χ4v) is 2.79. The summed E-state index contributed by atoms with van der Waals surface area (Å²) in [5.74, 6) is 0. The van der Waals surface area contributed by atoms with Gasteiger partial charge in [-0.05, 0) is 130 Å². The highest BCUT2D eigenvalue weighted by Gasteiger charge is 1.93. The Labute approximate surface area is 163 Å². The molecule has 0 unspecified atom stereocenters. The fraction of sp³-hybridized carbons (Fsp3) is 1.00. The Morgan fingerprint density at radius 1 is 0.308 bits per heavy atom. The molecule has 8 N–H and O–H groups in total. The molecule has 0 aromatic heterocycles. The van der Waals surface area contributed by atoms with Gasteiger partial charge in [0.1, 0.15) is 0 Å². The molecule has 158 valence electrons. The lowest BCUT2D eigenvalue weighted by atomic mass is 10.2. The van der Waals surface area contributed by atoms with Crippen LogP contribution in [0.25, 0.3) is 0 Å². The zero-order valence-corrected chi connectivity index (χ0v) is 17.3. The predicted octanol–water partition coefficient (Wildman–Crippen LogP) is 1.16. The van der Waals surface area contributed by atoms with Gasteiger partial charge in [0.05, 0.1) is 0 Å². The van der Waals surface area contributed by atoms with Gasteiger partial charge in [-0.3, -0.25) is 0 Å². The molecule has 6 nitrogen and oxygen atoms in total. The van der Waals surface area contributed by atoms with Crippen LogP contribution in [0.5, 0.6) is 0 Å². The number of rotatable bonds is 23. The fourth-order valence-electron chi connectivity index (χ4n) is 2.79. The second kappa shape index (κ2) is 24.8. The average Bonchev–Trinajstić information content (AvgIpc) is 2.66. The summed E-state index contributed by atoms with van der Waals surface area (Å²) in [6, 6.07) is 0. The van der Waals surface area contributed by atoms with Crippen molar-refractivity contribution < 1.29 is 0 Å². The Morgan fingerprint density at radius 2 is 0.500 bits per heavy atom. The normalized spacial score (nSPS) is 11.3. The van der Waals surface area contributed by atoms with E-state index in [0.29, 0.717) is 0 Å². The van der Waals surface area contributed by atoms with E-state index >= 15 is 0 Å². The second-order valence-corrected chi connectivity index (χ2v) is 7.11. The molecule has 0 aromatic rings. The minimum atomic E-state index is 0.814. The van der Waals surface area contributed by atoms with Crippen molar-refractivity contribution in [3.05, 3.63) is 0 Å². The Hall–Kier alpha value is -0.240. The van der Waals surface area contributed by atoms with Crippen LogP contribution in [0.3, 0.4) is 0 Å². The molecule has 0 heterocycles. The summed E-state index contributed by atoms with van der Waals surface area (Å²) < 4.78 is 0. The van der Waals surface area contributed by atoms with E-state index in [1.165, 1.54) is 51.4 Å². The van der Waals surface area contributed by atoms with Crippen molar-refractivity contribution in [2.75, 3.05) is 65.4 Å². The number of nitrogens with one attached hydrogen (secondary N) is 4. The molecular formula is C20H48N6. The maximum absolute atomic E-state index is 5.47. The molecule has 0 radical (unpaired) electrons. The molecule has 0 fully saturated rings. The molecule has 0 aliphatic heterocycles. The minimum absolute atomic E-state index is 0.814. The molecule has 0 bridgehead atoms. The van der Waals surface area contributed by atoms with Crippen molar-refractivity contribution in [2.24, 2.45) is 11.5 Å². The van der Waals surface area contributed by atoms with Crippen LogP contribution in [0.2, 0.25) is 0 Å². The molecule has 0 atom stereocenters. The molecule has 0 amide bonds. The standard InChI is InChI=1S/C20H48N6/c21-11-1-3-13-23-15-5-7-17-25-19-9-10-20-26-18-8-6-16-24-14-4-2-12-22/h23-26H,1-22H2. The van der Waals surface area contributed by atoms with Crippen LogP contribution in [0, 0.1) is 0 Å². The smallest absolute Gasteiger partial charge is 0.00484 e. The Balaban J connectivity index is 2.95. The van der Waals surface area contributed by atoms with Gasteiger partial charge in [-0.2, -0.15) is 0 Å². The monoisotopic (exact) mass is 372 g/mol. The largest absolute Gasteiger partial charge is 0.330 e.